The van der Waals surface area contributed by atoms with Gasteiger partial charge in [-0.2, -0.15) is 26.1 Å². The highest BCUT2D eigenvalue weighted by Gasteiger charge is 2.42. The van der Waals surface area contributed by atoms with Gasteiger partial charge >= 0.3 is 6.18 Å². The maximum absolute atomic E-state index is 13.0. The van der Waals surface area contributed by atoms with Gasteiger partial charge in [-0.15, -0.1) is 0 Å². The molecule has 7 nitrogen and oxygen atoms in total. The van der Waals surface area contributed by atoms with E-state index in [1.54, 1.807) is 0 Å². The van der Waals surface area contributed by atoms with Crippen LogP contribution in [0.4, 0.5) is 18.9 Å². The van der Waals surface area contributed by atoms with Crippen LogP contribution in [-0.4, -0.2) is 28.4 Å². The third-order valence-electron chi connectivity index (χ3n) is 4.13. The van der Waals surface area contributed by atoms with Gasteiger partial charge in [0.05, 0.1) is 40.1 Å². The maximum atomic E-state index is 13.0. The van der Waals surface area contributed by atoms with Gasteiger partial charge in [0, 0.05) is 0 Å². The van der Waals surface area contributed by atoms with E-state index in [2.05, 4.69) is 0 Å². The van der Waals surface area contributed by atoms with E-state index in [0.717, 1.165) is 21.4 Å². The molecule has 0 aliphatic carbocycles. The number of amides is 1. The van der Waals surface area contributed by atoms with E-state index >= 15 is 0 Å². The Hall–Kier alpha value is -2.53. The topological polar surface area (TPSA) is 102 Å². The van der Waals surface area contributed by atoms with Crippen molar-refractivity contribution in [1.29, 1.82) is 5.26 Å². The van der Waals surface area contributed by atoms with Crippen LogP contribution in [0.2, 0.25) is 0 Å². The first kappa shape index (κ1) is 21.2. The van der Waals surface area contributed by atoms with Crippen molar-refractivity contribution in [2.75, 3.05) is 10.2 Å². The Labute approximate surface area is 177 Å². The van der Waals surface area contributed by atoms with Gasteiger partial charge in [0.15, 0.2) is 5.75 Å². The third kappa shape index (κ3) is 4.10. The molecule has 1 heterocycles. The highest BCUT2D eigenvalue weighted by Crippen LogP contribution is 2.37. The number of anilines is 1. The molecule has 0 radical (unpaired) electrons. The van der Waals surface area contributed by atoms with Gasteiger partial charge in [0.2, 0.25) is 0 Å². The highest BCUT2D eigenvalue weighted by atomic mass is 127. The molecule has 0 atom stereocenters. The lowest BCUT2D eigenvalue weighted by Gasteiger charge is -2.23. The van der Waals surface area contributed by atoms with Crippen LogP contribution in [0.1, 0.15) is 22.3 Å². The summed E-state index contributed by atoms with van der Waals surface area (Å²) in [5.74, 6) is -1.91. The van der Waals surface area contributed by atoms with E-state index in [4.69, 9.17) is 5.26 Å². The molecular formula is C17H11F3IN3O4S. The molecule has 1 fully saturated rings. The normalized spacial score (nSPS) is 16.2. The zero-order valence-corrected chi connectivity index (χ0v) is 17.3. The Morgan fingerprint density at radius 3 is 2.41 bits per heavy atom. The number of halogens is 4. The number of carbonyl (C=O) groups excluding carboxylic acids is 1. The molecule has 152 valence electrons. The average Bonchev–Trinajstić information content (AvgIpc) is 2.82. The summed E-state index contributed by atoms with van der Waals surface area (Å²) in [6.07, 6.45) is -4.67. The molecule has 29 heavy (non-hydrogen) atoms. The van der Waals surface area contributed by atoms with Gasteiger partial charge in [-0.3, -0.25) is 4.79 Å². The van der Waals surface area contributed by atoms with Gasteiger partial charge in [-0.25, -0.2) is 8.42 Å². The summed E-state index contributed by atoms with van der Waals surface area (Å²) in [5, 5.41) is 19.4. The van der Waals surface area contributed by atoms with Crippen LogP contribution in [-0.2, 0) is 27.4 Å². The zero-order chi connectivity index (χ0) is 21.6. The lowest BCUT2D eigenvalue weighted by Crippen LogP contribution is -2.33. The van der Waals surface area contributed by atoms with Crippen LogP contribution in [0.15, 0.2) is 36.4 Å². The fourth-order valence-electron chi connectivity index (χ4n) is 2.81. The number of hydrogen-bond donors (Lipinski definition) is 1. The number of aromatic hydroxyl groups is 1. The van der Waals surface area contributed by atoms with E-state index in [9.17, 15) is 31.5 Å². The molecule has 1 amide bonds. The number of rotatable bonds is 3. The predicted molar refractivity (Wildman–Crippen MR) is 104 cm³/mol. The largest absolute Gasteiger partial charge is 0.506 e. The Kier molecular flexibility index (Phi) is 5.39. The number of hydrazine groups is 1. The number of phenols is 1. The van der Waals surface area contributed by atoms with Crippen LogP contribution in [0.3, 0.4) is 0 Å². The number of nitrogens with zero attached hydrogens (tertiary/aromatic N) is 3. The molecule has 1 aliphatic heterocycles. The van der Waals surface area contributed by atoms with E-state index in [1.165, 1.54) is 41.1 Å². The van der Waals surface area contributed by atoms with Gasteiger partial charge in [-0.05, 0) is 47.9 Å². The van der Waals surface area contributed by atoms with Gasteiger partial charge < -0.3 is 5.11 Å². The molecule has 3 rings (SSSR count). The molecule has 0 saturated carbocycles. The minimum absolute atomic E-state index is 0.0488. The van der Waals surface area contributed by atoms with Gasteiger partial charge in [0.25, 0.3) is 15.9 Å². The molecule has 0 bridgehead atoms. The number of carbonyl (C=O) groups is 1. The van der Waals surface area contributed by atoms with Crippen molar-refractivity contribution in [1.82, 2.24) is 3.22 Å². The smallest absolute Gasteiger partial charge is 0.416 e. The molecule has 2 aromatic carbocycles. The lowest BCUT2D eigenvalue weighted by atomic mass is 9.97. The van der Waals surface area contributed by atoms with E-state index in [0.29, 0.717) is 9.98 Å². The monoisotopic (exact) mass is 537 g/mol. The highest BCUT2D eigenvalue weighted by molar-refractivity contribution is 14.1. The fraction of sp³-hybridized carbons (Fsp3) is 0.176. The molecule has 0 aromatic heterocycles. The van der Waals surface area contributed by atoms with Crippen LogP contribution in [0.25, 0.3) is 0 Å². The molecule has 2 aromatic rings. The van der Waals surface area contributed by atoms with Crippen molar-refractivity contribution in [2.24, 2.45) is 0 Å². The maximum Gasteiger partial charge on any atom is 0.416 e. The second-order valence-electron chi connectivity index (χ2n) is 6.13. The van der Waals surface area contributed by atoms with Crippen molar-refractivity contribution in [3.8, 4) is 11.8 Å². The second-order valence-corrected chi connectivity index (χ2v) is 8.85. The molecule has 0 unspecified atom stereocenters. The lowest BCUT2D eigenvalue weighted by molar-refractivity contribution is -0.137. The number of benzene rings is 2. The molecule has 1 aliphatic rings. The summed E-state index contributed by atoms with van der Waals surface area (Å²) >= 11 is 1.49. The average molecular weight is 537 g/mol. The van der Waals surface area contributed by atoms with Crippen molar-refractivity contribution in [2.45, 2.75) is 12.6 Å². The number of alkyl halides is 3. The van der Waals surface area contributed by atoms with E-state index in [1.807, 2.05) is 6.07 Å². The van der Waals surface area contributed by atoms with Crippen LogP contribution >= 0.6 is 22.9 Å². The number of sulfonamides is 1. The van der Waals surface area contributed by atoms with E-state index < -0.39 is 39.2 Å². The summed E-state index contributed by atoms with van der Waals surface area (Å²) in [5.41, 5.74) is -0.570. The van der Waals surface area contributed by atoms with Gasteiger partial charge in [0.1, 0.15) is 11.4 Å². The summed E-state index contributed by atoms with van der Waals surface area (Å²) < 4.78 is 64.6. The summed E-state index contributed by atoms with van der Waals surface area (Å²) in [7, 11) is -3.99. The standard InChI is InChI=1S/C17H11F3IN3O4S/c18-17(19,20)13-3-2-11(8-22)12(7-13)5-10-1-4-14(15(25)6-10)24-23(21)16(26)9-29(24,27)28/h1-4,6-7,25H,5,9H2. The fourth-order valence-corrected chi connectivity index (χ4v) is 5.57. The summed E-state index contributed by atoms with van der Waals surface area (Å²) in [6.45, 7) is 0. The van der Waals surface area contributed by atoms with E-state index in [-0.39, 0.29) is 23.2 Å². The predicted octanol–water partition coefficient (Wildman–Crippen LogP) is 3.12. The zero-order valence-electron chi connectivity index (χ0n) is 14.3. The minimum atomic E-state index is -4.57. The first-order valence-electron chi connectivity index (χ1n) is 7.88. The Morgan fingerprint density at radius 2 is 1.90 bits per heavy atom. The van der Waals surface area contributed by atoms with Crippen LogP contribution in [0.5, 0.6) is 5.75 Å². The molecule has 1 N–H and O–H groups in total. The van der Waals surface area contributed by atoms with Crippen molar-refractivity contribution in [3.05, 3.63) is 58.7 Å². The Bertz CT molecular complexity index is 1150. The molecule has 12 heteroatoms. The quantitative estimate of drug-likeness (QED) is 0.479. The summed E-state index contributed by atoms with van der Waals surface area (Å²) in [6, 6.07) is 8.39. The van der Waals surface area contributed by atoms with Crippen LogP contribution < -0.4 is 4.41 Å². The number of hydrogen-bond acceptors (Lipinski definition) is 5. The molecule has 0 spiro atoms. The van der Waals surface area contributed by atoms with Crippen molar-refractivity contribution >= 4 is 44.5 Å². The molecular weight excluding hydrogens is 526 g/mol. The Morgan fingerprint density at radius 1 is 1.21 bits per heavy atom. The van der Waals surface area contributed by atoms with Crippen molar-refractivity contribution < 1.29 is 31.5 Å². The second kappa shape index (κ2) is 7.38. The van der Waals surface area contributed by atoms with Crippen molar-refractivity contribution in [3.63, 3.8) is 0 Å². The third-order valence-corrected chi connectivity index (χ3v) is 6.89. The summed E-state index contributed by atoms with van der Waals surface area (Å²) in [4.78, 5) is 11.7. The SMILES string of the molecule is N#Cc1ccc(C(F)(F)F)cc1Cc1ccc(N2N(I)C(=O)CS2(=O)=O)c(O)c1. The number of nitriles is 1. The van der Waals surface area contributed by atoms with Crippen LogP contribution in [0, 0.1) is 11.3 Å². The minimum Gasteiger partial charge on any atom is -0.506 e. The first-order valence-corrected chi connectivity index (χ1v) is 10.4. The first-order chi connectivity index (χ1) is 13.4. The number of phenolic OH excluding ortho intramolecular Hbond substituents is 1. The molecule has 1 saturated heterocycles. The Balaban J connectivity index is 1.97. The van der Waals surface area contributed by atoms with Gasteiger partial charge in [-0.1, -0.05) is 6.07 Å².